The topological polar surface area (TPSA) is 73.9 Å². The number of hydrogen-bond acceptors (Lipinski definition) is 5. The van der Waals surface area contributed by atoms with Crippen molar-refractivity contribution in [2.45, 2.75) is 13.3 Å². The van der Waals surface area contributed by atoms with Gasteiger partial charge in [-0.2, -0.15) is 0 Å². The van der Waals surface area contributed by atoms with Gasteiger partial charge in [-0.25, -0.2) is 0 Å². The summed E-state index contributed by atoms with van der Waals surface area (Å²) in [6.07, 6.45) is 1.53. The van der Waals surface area contributed by atoms with E-state index in [9.17, 15) is 9.59 Å². The Morgan fingerprint density at radius 1 is 1.15 bits per heavy atom. The lowest BCUT2D eigenvalue weighted by Gasteiger charge is -2.12. The molecule has 1 N–H and O–H groups in total. The second-order valence-electron chi connectivity index (χ2n) is 5.35. The summed E-state index contributed by atoms with van der Waals surface area (Å²) in [7, 11) is 1.51. The van der Waals surface area contributed by atoms with Crippen LogP contribution in [0.2, 0.25) is 5.02 Å². The molecule has 0 unspecified atom stereocenters. The van der Waals surface area contributed by atoms with Crippen molar-refractivity contribution in [1.29, 1.82) is 0 Å². The molecule has 0 aliphatic rings. The Hall–Kier alpha value is -2.73. The number of carbonyl (C=O) groups is 2. The summed E-state index contributed by atoms with van der Waals surface area (Å²) in [6.45, 7) is 2.28. The molecular formula is C19H20ClNO5. The minimum absolute atomic E-state index is 0.262. The predicted molar refractivity (Wildman–Crippen MR) is 99.7 cm³/mol. The third-order valence-electron chi connectivity index (χ3n) is 3.38. The SMILES string of the molecule is CCCOc1ccc(C=O)c(OCC(=O)Nc2ccc(OC)c(Cl)c2)c1. The first-order valence-electron chi connectivity index (χ1n) is 8.05. The largest absolute Gasteiger partial charge is 0.495 e. The van der Waals surface area contributed by atoms with Gasteiger partial charge in [0.2, 0.25) is 0 Å². The maximum absolute atomic E-state index is 12.1. The van der Waals surface area contributed by atoms with Crippen LogP contribution >= 0.6 is 11.6 Å². The normalized spacial score (nSPS) is 10.1. The minimum atomic E-state index is -0.386. The molecule has 0 radical (unpaired) electrons. The predicted octanol–water partition coefficient (Wildman–Crippen LogP) is 3.97. The van der Waals surface area contributed by atoms with Gasteiger partial charge in [-0.15, -0.1) is 0 Å². The van der Waals surface area contributed by atoms with Crippen LogP contribution in [-0.2, 0) is 4.79 Å². The van der Waals surface area contributed by atoms with Gasteiger partial charge in [0.15, 0.2) is 12.9 Å². The fraction of sp³-hybridized carbons (Fsp3) is 0.263. The lowest BCUT2D eigenvalue weighted by atomic mass is 10.2. The maximum atomic E-state index is 12.1. The van der Waals surface area contributed by atoms with E-state index >= 15 is 0 Å². The van der Waals surface area contributed by atoms with Gasteiger partial charge in [0.25, 0.3) is 5.91 Å². The molecule has 0 aromatic heterocycles. The lowest BCUT2D eigenvalue weighted by molar-refractivity contribution is -0.118. The number of anilines is 1. The highest BCUT2D eigenvalue weighted by atomic mass is 35.5. The van der Waals surface area contributed by atoms with Gasteiger partial charge in [0, 0.05) is 11.8 Å². The molecule has 2 rings (SSSR count). The minimum Gasteiger partial charge on any atom is -0.495 e. The highest BCUT2D eigenvalue weighted by Gasteiger charge is 2.10. The average molecular weight is 378 g/mol. The van der Waals surface area contributed by atoms with Gasteiger partial charge in [0.05, 0.1) is 24.3 Å². The Morgan fingerprint density at radius 3 is 2.62 bits per heavy atom. The summed E-state index contributed by atoms with van der Waals surface area (Å²) in [5.41, 5.74) is 0.856. The molecule has 1 amide bonds. The molecule has 0 bridgehead atoms. The molecule has 2 aromatic carbocycles. The van der Waals surface area contributed by atoms with Crippen LogP contribution in [0.15, 0.2) is 36.4 Å². The van der Waals surface area contributed by atoms with E-state index in [4.69, 9.17) is 25.8 Å². The van der Waals surface area contributed by atoms with Crippen LogP contribution in [0, 0.1) is 0 Å². The molecule has 26 heavy (non-hydrogen) atoms. The van der Waals surface area contributed by atoms with Crippen molar-refractivity contribution in [3.05, 3.63) is 47.0 Å². The Balaban J connectivity index is 1.99. The molecule has 7 heteroatoms. The fourth-order valence-corrected chi connectivity index (χ4v) is 2.39. The summed E-state index contributed by atoms with van der Waals surface area (Å²) in [4.78, 5) is 23.2. The Bertz CT molecular complexity index is 779. The molecule has 0 heterocycles. The number of carbonyl (C=O) groups excluding carboxylic acids is 2. The Labute approximate surface area is 157 Å². The first kappa shape index (κ1) is 19.6. The average Bonchev–Trinajstić information content (AvgIpc) is 2.65. The number of methoxy groups -OCH3 is 1. The van der Waals surface area contributed by atoms with E-state index in [1.807, 2.05) is 6.92 Å². The van der Waals surface area contributed by atoms with E-state index < -0.39 is 0 Å². The van der Waals surface area contributed by atoms with Crippen LogP contribution in [-0.4, -0.2) is 32.5 Å². The third-order valence-corrected chi connectivity index (χ3v) is 3.67. The number of rotatable bonds is 9. The van der Waals surface area contributed by atoms with Crippen LogP contribution in [0.4, 0.5) is 5.69 Å². The van der Waals surface area contributed by atoms with Crippen LogP contribution in [0.1, 0.15) is 23.7 Å². The van der Waals surface area contributed by atoms with Crippen molar-refractivity contribution < 1.29 is 23.8 Å². The molecule has 2 aromatic rings. The van der Waals surface area contributed by atoms with E-state index in [1.54, 1.807) is 36.4 Å². The number of amides is 1. The molecule has 0 saturated carbocycles. The van der Waals surface area contributed by atoms with Crippen LogP contribution in [0.25, 0.3) is 0 Å². The standard InChI is InChI=1S/C19H20ClNO5/c1-3-8-25-15-6-4-13(11-22)18(10-15)26-12-19(23)21-14-5-7-17(24-2)16(20)9-14/h4-7,9-11H,3,8,12H2,1-2H3,(H,21,23). The molecule has 6 nitrogen and oxygen atoms in total. The molecule has 0 aliphatic carbocycles. The van der Waals surface area contributed by atoms with Crippen molar-refractivity contribution in [1.82, 2.24) is 0 Å². The van der Waals surface area contributed by atoms with Crippen LogP contribution in [0.5, 0.6) is 17.2 Å². The van der Waals surface area contributed by atoms with E-state index in [2.05, 4.69) is 5.32 Å². The second-order valence-corrected chi connectivity index (χ2v) is 5.76. The van der Waals surface area contributed by atoms with E-state index in [0.29, 0.717) is 40.7 Å². The third kappa shape index (κ3) is 5.39. The Morgan fingerprint density at radius 2 is 1.96 bits per heavy atom. The quantitative estimate of drug-likeness (QED) is 0.669. The van der Waals surface area contributed by atoms with Crippen molar-refractivity contribution in [2.24, 2.45) is 0 Å². The highest BCUT2D eigenvalue weighted by molar-refractivity contribution is 6.32. The summed E-state index contributed by atoms with van der Waals surface area (Å²) in [6, 6.07) is 9.77. The smallest absolute Gasteiger partial charge is 0.262 e. The zero-order valence-corrected chi connectivity index (χ0v) is 15.3. The van der Waals surface area contributed by atoms with Crippen LogP contribution in [0.3, 0.4) is 0 Å². The zero-order chi connectivity index (χ0) is 18.9. The molecule has 0 atom stereocenters. The van der Waals surface area contributed by atoms with Gasteiger partial charge in [0.1, 0.15) is 17.2 Å². The van der Waals surface area contributed by atoms with Crippen molar-refractivity contribution in [3.63, 3.8) is 0 Å². The number of hydrogen-bond donors (Lipinski definition) is 1. The van der Waals surface area contributed by atoms with E-state index in [0.717, 1.165) is 6.42 Å². The first-order valence-corrected chi connectivity index (χ1v) is 8.43. The monoisotopic (exact) mass is 377 g/mol. The van der Waals surface area contributed by atoms with Gasteiger partial charge in [-0.1, -0.05) is 18.5 Å². The zero-order valence-electron chi connectivity index (χ0n) is 14.6. The van der Waals surface area contributed by atoms with Gasteiger partial charge < -0.3 is 19.5 Å². The summed E-state index contributed by atoms with van der Waals surface area (Å²) >= 11 is 6.02. The molecule has 138 valence electrons. The fourth-order valence-electron chi connectivity index (χ4n) is 2.13. The highest BCUT2D eigenvalue weighted by Crippen LogP contribution is 2.27. The van der Waals surface area contributed by atoms with Crippen molar-refractivity contribution >= 4 is 29.5 Å². The maximum Gasteiger partial charge on any atom is 0.262 e. The molecule has 0 saturated heterocycles. The first-order chi connectivity index (χ1) is 12.6. The van der Waals surface area contributed by atoms with Gasteiger partial charge >= 0.3 is 0 Å². The number of aldehydes is 1. The number of benzene rings is 2. The molecule has 0 spiro atoms. The number of nitrogens with one attached hydrogen (secondary N) is 1. The van der Waals surface area contributed by atoms with Crippen molar-refractivity contribution in [3.8, 4) is 17.2 Å². The molecule has 0 fully saturated rings. The van der Waals surface area contributed by atoms with Gasteiger partial charge in [-0.05, 0) is 36.8 Å². The summed E-state index contributed by atoms with van der Waals surface area (Å²) in [5.74, 6) is 0.995. The Kier molecular flexibility index (Phi) is 7.29. The lowest BCUT2D eigenvalue weighted by Crippen LogP contribution is -2.20. The summed E-state index contributed by atoms with van der Waals surface area (Å²) < 4.78 is 16.0. The molecular weight excluding hydrogens is 358 g/mol. The second kappa shape index (κ2) is 9.68. The van der Waals surface area contributed by atoms with Crippen LogP contribution < -0.4 is 19.5 Å². The summed E-state index contributed by atoms with van der Waals surface area (Å²) in [5, 5.41) is 3.05. The van der Waals surface area contributed by atoms with E-state index in [-0.39, 0.29) is 18.3 Å². The number of halogens is 1. The molecule has 0 aliphatic heterocycles. The van der Waals surface area contributed by atoms with E-state index in [1.165, 1.54) is 7.11 Å². The number of ether oxygens (including phenoxy) is 3. The van der Waals surface area contributed by atoms with Crippen molar-refractivity contribution in [2.75, 3.05) is 25.6 Å². The van der Waals surface area contributed by atoms with Gasteiger partial charge in [-0.3, -0.25) is 9.59 Å².